The van der Waals surface area contributed by atoms with Crippen LogP contribution in [0.25, 0.3) is 6.08 Å². The molecule has 1 saturated heterocycles. The summed E-state index contributed by atoms with van der Waals surface area (Å²) in [6, 6.07) is 6.79. The monoisotopic (exact) mass is 350 g/mol. The van der Waals surface area contributed by atoms with Gasteiger partial charge in [-0.25, -0.2) is 14.3 Å². The second-order valence-electron chi connectivity index (χ2n) is 4.57. The molecule has 1 amide bonds. The Morgan fingerprint density at radius 2 is 2.13 bits per heavy atom. The summed E-state index contributed by atoms with van der Waals surface area (Å²) in [4.78, 5) is 17.4. The van der Waals surface area contributed by atoms with Crippen LogP contribution in [0.15, 0.2) is 42.3 Å². The number of hydrogen-bond acceptors (Lipinski definition) is 5. The van der Waals surface area contributed by atoms with Gasteiger partial charge in [0.15, 0.2) is 17.3 Å². The number of phenolic OH excluding ortho intramolecular Hbond substituents is 1. The lowest BCUT2D eigenvalue weighted by molar-refractivity contribution is -0.114. The number of hydrogen-bond donors (Lipinski definition) is 1. The SMILES string of the molecule is O=C1/C(=C\c2ccc(O)c(F)c2)OC(=S)N1c1ccc(Cl)nc1. The first-order valence-corrected chi connectivity index (χ1v) is 7.12. The fourth-order valence-corrected chi connectivity index (χ4v) is 2.34. The number of halogens is 2. The lowest BCUT2D eigenvalue weighted by atomic mass is 10.2. The number of carbonyl (C=O) groups excluding carboxylic acids is 1. The molecule has 0 unspecified atom stereocenters. The summed E-state index contributed by atoms with van der Waals surface area (Å²) >= 11 is 10.7. The Balaban J connectivity index is 1.92. The molecule has 1 aliphatic rings. The third kappa shape index (κ3) is 3.01. The van der Waals surface area contributed by atoms with Crippen molar-refractivity contribution in [2.45, 2.75) is 0 Å². The quantitative estimate of drug-likeness (QED) is 0.511. The molecular formula is C15H8ClFN2O3S. The molecule has 8 heteroatoms. The van der Waals surface area contributed by atoms with Gasteiger partial charge in [0.1, 0.15) is 5.15 Å². The van der Waals surface area contributed by atoms with E-state index in [0.717, 1.165) is 11.0 Å². The van der Waals surface area contributed by atoms with Gasteiger partial charge in [0.05, 0.1) is 11.9 Å². The predicted octanol–water partition coefficient (Wildman–Crippen LogP) is 3.27. The van der Waals surface area contributed by atoms with Crippen molar-refractivity contribution in [3.05, 3.63) is 58.8 Å². The zero-order valence-electron chi connectivity index (χ0n) is 11.4. The van der Waals surface area contributed by atoms with Crippen molar-refractivity contribution in [1.82, 2.24) is 4.98 Å². The van der Waals surface area contributed by atoms with Gasteiger partial charge in [-0.3, -0.25) is 4.79 Å². The molecule has 0 spiro atoms. The zero-order valence-corrected chi connectivity index (χ0v) is 12.9. The van der Waals surface area contributed by atoms with Crippen LogP contribution in [-0.4, -0.2) is 21.2 Å². The van der Waals surface area contributed by atoms with Gasteiger partial charge in [0.25, 0.3) is 5.17 Å². The molecule has 0 aliphatic carbocycles. The molecule has 0 bridgehead atoms. The van der Waals surface area contributed by atoms with E-state index in [-0.39, 0.29) is 16.1 Å². The third-order valence-corrected chi connectivity index (χ3v) is 3.52. The van der Waals surface area contributed by atoms with Crippen LogP contribution in [0, 0.1) is 5.82 Å². The maximum atomic E-state index is 13.3. The summed E-state index contributed by atoms with van der Waals surface area (Å²) in [5.41, 5.74) is 0.757. The van der Waals surface area contributed by atoms with Gasteiger partial charge >= 0.3 is 5.91 Å². The van der Waals surface area contributed by atoms with Gasteiger partial charge in [-0.1, -0.05) is 17.7 Å². The second kappa shape index (κ2) is 5.94. The van der Waals surface area contributed by atoms with E-state index in [2.05, 4.69) is 4.98 Å². The number of pyridine rings is 1. The first-order valence-electron chi connectivity index (χ1n) is 6.34. The Hall–Kier alpha value is -2.51. The zero-order chi connectivity index (χ0) is 16.6. The highest BCUT2D eigenvalue weighted by Gasteiger charge is 2.35. The maximum Gasteiger partial charge on any atom is 0.301 e. The predicted molar refractivity (Wildman–Crippen MR) is 86.5 cm³/mol. The minimum absolute atomic E-state index is 0.0601. The molecular weight excluding hydrogens is 343 g/mol. The lowest BCUT2D eigenvalue weighted by Crippen LogP contribution is -2.28. The van der Waals surface area contributed by atoms with E-state index < -0.39 is 17.5 Å². The summed E-state index contributed by atoms with van der Waals surface area (Å²) in [5, 5.41) is 9.39. The Labute approximate surface area is 140 Å². The molecule has 1 N–H and O–H groups in total. The number of rotatable bonds is 2. The number of thiocarbonyl (C=S) groups is 1. The minimum atomic E-state index is -0.800. The van der Waals surface area contributed by atoms with Crippen LogP contribution in [0.2, 0.25) is 5.15 Å². The van der Waals surface area contributed by atoms with Crippen LogP contribution >= 0.6 is 23.8 Å². The normalized spacial score (nSPS) is 16.1. The molecule has 1 aromatic carbocycles. The summed E-state index contributed by atoms with van der Waals surface area (Å²) in [6.45, 7) is 0. The Bertz CT molecular complexity index is 839. The molecule has 0 atom stereocenters. The van der Waals surface area contributed by atoms with Crippen LogP contribution in [0.5, 0.6) is 5.75 Å². The molecule has 5 nitrogen and oxygen atoms in total. The van der Waals surface area contributed by atoms with Crippen LogP contribution < -0.4 is 4.90 Å². The van der Waals surface area contributed by atoms with Gasteiger partial charge < -0.3 is 9.84 Å². The number of ether oxygens (including phenoxy) is 1. The number of anilines is 1. The van der Waals surface area contributed by atoms with Crippen molar-refractivity contribution in [2.75, 3.05) is 4.90 Å². The van der Waals surface area contributed by atoms with E-state index in [0.29, 0.717) is 11.3 Å². The Kier molecular flexibility index (Phi) is 3.97. The van der Waals surface area contributed by atoms with E-state index in [9.17, 15) is 14.3 Å². The highest BCUT2D eigenvalue weighted by atomic mass is 35.5. The largest absolute Gasteiger partial charge is 0.505 e. The van der Waals surface area contributed by atoms with Crippen LogP contribution in [0.4, 0.5) is 10.1 Å². The Morgan fingerprint density at radius 3 is 2.78 bits per heavy atom. The van der Waals surface area contributed by atoms with E-state index in [1.807, 2.05) is 0 Å². The maximum absolute atomic E-state index is 13.3. The summed E-state index contributed by atoms with van der Waals surface area (Å²) in [7, 11) is 0. The van der Waals surface area contributed by atoms with Crippen molar-refractivity contribution >= 4 is 46.7 Å². The summed E-state index contributed by atoms with van der Waals surface area (Å²) in [6.07, 6.45) is 2.72. The van der Waals surface area contributed by atoms with E-state index in [1.165, 1.54) is 30.5 Å². The standard InChI is InChI=1S/C15H8ClFN2O3S/c16-13-4-2-9(7-18-13)19-14(21)12(22-15(19)23)6-8-1-3-11(20)10(17)5-8/h1-7,20H/b12-6+. The van der Waals surface area contributed by atoms with Gasteiger partial charge in [0.2, 0.25) is 0 Å². The second-order valence-corrected chi connectivity index (χ2v) is 5.30. The number of amides is 1. The van der Waals surface area contributed by atoms with Gasteiger partial charge in [-0.2, -0.15) is 0 Å². The number of aromatic nitrogens is 1. The topological polar surface area (TPSA) is 62.7 Å². The van der Waals surface area contributed by atoms with E-state index in [1.54, 1.807) is 6.07 Å². The lowest BCUT2D eigenvalue weighted by Gasteiger charge is -2.11. The fourth-order valence-electron chi connectivity index (χ4n) is 1.95. The highest BCUT2D eigenvalue weighted by Crippen LogP contribution is 2.27. The molecule has 116 valence electrons. The number of phenols is 1. The van der Waals surface area contributed by atoms with Gasteiger partial charge in [0, 0.05) is 0 Å². The number of nitrogens with zero attached hydrogens (tertiary/aromatic N) is 2. The van der Waals surface area contributed by atoms with Crippen molar-refractivity contribution in [1.29, 1.82) is 0 Å². The molecule has 2 aromatic rings. The molecule has 23 heavy (non-hydrogen) atoms. The van der Waals surface area contributed by atoms with E-state index >= 15 is 0 Å². The molecule has 1 fully saturated rings. The number of aromatic hydroxyl groups is 1. The Morgan fingerprint density at radius 1 is 1.35 bits per heavy atom. The van der Waals surface area contributed by atoms with Crippen LogP contribution in [0.1, 0.15) is 5.56 Å². The number of benzene rings is 1. The summed E-state index contributed by atoms with van der Waals surface area (Å²) < 4.78 is 18.6. The van der Waals surface area contributed by atoms with Crippen molar-refractivity contribution in [2.24, 2.45) is 0 Å². The van der Waals surface area contributed by atoms with Crippen molar-refractivity contribution < 1.29 is 19.0 Å². The third-order valence-electron chi connectivity index (χ3n) is 3.03. The van der Waals surface area contributed by atoms with Gasteiger partial charge in [-0.05, 0) is 48.1 Å². The smallest absolute Gasteiger partial charge is 0.301 e. The van der Waals surface area contributed by atoms with Crippen LogP contribution in [-0.2, 0) is 9.53 Å². The average Bonchev–Trinajstić information content (AvgIpc) is 2.79. The summed E-state index contributed by atoms with van der Waals surface area (Å²) in [5.74, 6) is -1.84. The fraction of sp³-hybridized carbons (Fsp3) is 0. The average molecular weight is 351 g/mol. The molecule has 2 heterocycles. The first-order chi connectivity index (χ1) is 11.0. The van der Waals surface area contributed by atoms with Crippen molar-refractivity contribution in [3.63, 3.8) is 0 Å². The first kappa shape index (κ1) is 15.4. The molecule has 0 radical (unpaired) electrons. The van der Waals surface area contributed by atoms with E-state index in [4.69, 9.17) is 28.6 Å². The van der Waals surface area contributed by atoms with Crippen LogP contribution in [0.3, 0.4) is 0 Å². The highest BCUT2D eigenvalue weighted by molar-refractivity contribution is 7.80. The molecule has 1 aliphatic heterocycles. The molecule has 1 aromatic heterocycles. The molecule has 0 saturated carbocycles. The number of carbonyl (C=O) groups is 1. The minimum Gasteiger partial charge on any atom is -0.505 e. The van der Waals surface area contributed by atoms with Crippen molar-refractivity contribution in [3.8, 4) is 5.75 Å². The van der Waals surface area contributed by atoms with Gasteiger partial charge in [-0.15, -0.1) is 0 Å². The molecule has 3 rings (SSSR count).